The van der Waals surface area contributed by atoms with E-state index in [2.05, 4.69) is 35.6 Å². The molecule has 0 aliphatic heterocycles. The molecule has 0 saturated carbocycles. The molecule has 78 valence electrons. The highest BCUT2D eigenvalue weighted by atomic mass is 15.2. The van der Waals surface area contributed by atoms with Crippen molar-refractivity contribution < 1.29 is 0 Å². The first-order chi connectivity index (χ1) is 6.49. The fraction of sp³-hybridized carbons (Fsp3) is 0.600. The topological polar surface area (TPSA) is 55.0 Å². The van der Waals surface area contributed by atoms with E-state index in [1.54, 1.807) is 12.4 Å². The van der Waals surface area contributed by atoms with E-state index in [9.17, 15) is 0 Å². The van der Waals surface area contributed by atoms with Crippen LogP contribution in [0.5, 0.6) is 0 Å². The number of hydrogen-bond acceptors (Lipinski definition) is 4. The quantitative estimate of drug-likeness (QED) is 0.795. The maximum atomic E-state index is 5.76. The standard InChI is InChI=1S/C10H18N4/c1-5-10(2,3)14(4)9-8(11)12-6-7-13-9/h6-7H,5H2,1-4H3,(H2,11,12). The highest BCUT2D eigenvalue weighted by Crippen LogP contribution is 2.25. The Bertz CT molecular complexity index is 309. The highest BCUT2D eigenvalue weighted by molar-refractivity contribution is 5.58. The van der Waals surface area contributed by atoms with Crippen LogP contribution < -0.4 is 10.6 Å². The first-order valence-electron chi connectivity index (χ1n) is 4.79. The molecule has 0 aromatic carbocycles. The summed E-state index contributed by atoms with van der Waals surface area (Å²) in [5.41, 5.74) is 5.80. The van der Waals surface area contributed by atoms with Gasteiger partial charge < -0.3 is 10.6 Å². The van der Waals surface area contributed by atoms with Crippen molar-refractivity contribution in [3.63, 3.8) is 0 Å². The van der Waals surface area contributed by atoms with Crippen LogP contribution in [0.4, 0.5) is 11.6 Å². The van der Waals surface area contributed by atoms with Gasteiger partial charge in [0, 0.05) is 25.0 Å². The lowest BCUT2D eigenvalue weighted by molar-refractivity contribution is 0.467. The lowest BCUT2D eigenvalue weighted by Gasteiger charge is -2.35. The number of anilines is 2. The summed E-state index contributed by atoms with van der Waals surface area (Å²) in [7, 11) is 1.99. The third-order valence-electron chi connectivity index (χ3n) is 2.80. The van der Waals surface area contributed by atoms with E-state index in [4.69, 9.17) is 5.73 Å². The van der Waals surface area contributed by atoms with Crippen LogP contribution in [0.3, 0.4) is 0 Å². The minimum atomic E-state index is 0.0458. The fourth-order valence-electron chi connectivity index (χ4n) is 1.12. The highest BCUT2D eigenvalue weighted by Gasteiger charge is 2.23. The minimum absolute atomic E-state index is 0.0458. The Balaban J connectivity index is 3.00. The Labute approximate surface area is 85.2 Å². The van der Waals surface area contributed by atoms with E-state index in [1.165, 1.54) is 0 Å². The van der Waals surface area contributed by atoms with Gasteiger partial charge in [-0.25, -0.2) is 9.97 Å². The number of hydrogen-bond donors (Lipinski definition) is 1. The Morgan fingerprint density at radius 3 is 2.43 bits per heavy atom. The van der Waals surface area contributed by atoms with Crippen LogP contribution >= 0.6 is 0 Å². The van der Waals surface area contributed by atoms with E-state index in [-0.39, 0.29) is 5.54 Å². The summed E-state index contributed by atoms with van der Waals surface area (Å²) in [5, 5.41) is 0. The van der Waals surface area contributed by atoms with Crippen molar-refractivity contribution in [3.05, 3.63) is 12.4 Å². The van der Waals surface area contributed by atoms with Gasteiger partial charge in [0.25, 0.3) is 0 Å². The van der Waals surface area contributed by atoms with E-state index in [1.807, 2.05) is 7.05 Å². The van der Waals surface area contributed by atoms with Crippen molar-refractivity contribution in [1.82, 2.24) is 9.97 Å². The number of nitrogen functional groups attached to an aromatic ring is 1. The van der Waals surface area contributed by atoms with Gasteiger partial charge in [0.1, 0.15) is 0 Å². The monoisotopic (exact) mass is 194 g/mol. The van der Waals surface area contributed by atoms with Gasteiger partial charge in [0.2, 0.25) is 0 Å². The average Bonchev–Trinajstić information content (AvgIpc) is 2.17. The molecule has 1 aromatic heterocycles. The Morgan fingerprint density at radius 1 is 1.36 bits per heavy atom. The molecule has 0 spiro atoms. The van der Waals surface area contributed by atoms with Gasteiger partial charge in [-0.2, -0.15) is 0 Å². The molecule has 0 fully saturated rings. The average molecular weight is 194 g/mol. The van der Waals surface area contributed by atoms with Gasteiger partial charge in [-0.3, -0.25) is 0 Å². The molecule has 0 bridgehead atoms. The van der Waals surface area contributed by atoms with Crippen molar-refractivity contribution >= 4 is 11.6 Å². The molecule has 0 radical (unpaired) electrons. The first kappa shape index (κ1) is 10.8. The molecule has 14 heavy (non-hydrogen) atoms. The first-order valence-corrected chi connectivity index (χ1v) is 4.79. The van der Waals surface area contributed by atoms with Crippen LogP contribution in [0.25, 0.3) is 0 Å². The normalized spacial score (nSPS) is 11.4. The van der Waals surface area contributed by atoms with Crippen molar-refractivity contribution in [2.75, 3.05) is 17.7 Å². The van der Waals surface area contributed by atoms with Gasteiger partial charge in [-0.15, -0.1) is 0 Å². The Kier molecular flexibility index (Phi) is 2.93. The summed E-state index contributed by atoms with van der Waals surface area (Å²) in [6, 6.07) is 0. The molecule has 0 atom stereocenters. The predicted molar refractivity (Wildman–Crippen MR) is 59.2 cm³/mol. The van der Waals surface area contributed by atoms with Gasteiger partial charge in [-0.1, -0.05) is 6.92 Å². The number of rotatable bonds is 3. The van der Waals surface area contributed by atoms with E-state index < -0.39 is 0 Å². The van der Waals surface area contributed by atoms with Gasteiger partial charge in [0.15, 0.2) is 11.6 Å². The minimum Gasteiger partial charge on any atom is -0.381 e. The van der Waals surface area contributed by atoms with Crippen LogP contribution in [0, 0.1) is 0 Å². The van der Waals surface area contributed by atoms with Crippen molar-refractivity contribution in [1.29, 1.82) is 0 Å². The van der Waals surface area contributed by atoms with E-state index in [0.29, 0.717) is 5.82 Å². The molecule has 4 heteroatoms. The summed E-state index contributed by atoms with van der Waals surface area (Å²) in [5.74, 6) is 1.23. The molecule has 0 amide bonds. The SMILES string of the molecule is CCC(C)(C)N(C)c1nccnc1N. The van der Waals surface area contributed by atoms with Crippen molar-refractivity contribution in [2.24, 2.45) is 0 Å². The molecule has 0 aliphatic rings. The lowest BCUT2D eigenvalue weighted by Crippen LogP contribution is -2.41. The van der Waals surface area contributed by atoms with Crippen LogP contribution in [0.1, 0.15) is 27.2 Å². The summed E-state index contributed by atoms with van der Waals surface area (Å²) >= 11 is 0. The summed E-state index contributed by atoms with van der Waals surface area (Å²) < 4.78 is 0. The number of nitrogens with two attached hydrogens (primary N) is 1. The number of aromatic nitrogens is 2. The number of nitrogens with zero attached hydrogens (tertiary/aromatic N) is 3. The lowest BCUT2D eigenvalue weighted by atomic mass is 10.0. The summed E-state index contributed by atoms with van der Waals surface area (Å²) in [6.45, 7) is 6.45. The van der Waals surface area contributed by atoms with E-state index >= 15 is 0 Å². The smallest absolute Gasteiger partial charge is 0.171 e. The van der Waals surface area contributed by atoms with Gasteiger partial charge >= 0.3 is 0 Å². The second-order valence-corrected chi connectivity index (χ2v) is 3.99. The molecule has 0 saturated heterocycles. The van der Waals surface area contributed by atoms with Crippen LogP contribution in [0.15, 0.2) is 12.4 Å². The second kappa shape index (κ2) is 3.82. The zero-order valence-electron chi connectivity index (χ0n) is 9.28. The largest absolute Gasteiger partial charge is 0.381 e. The molecule has 1 heterocycles. The van der Waals surface area contributed by atoms with Crippen molar-refractivity contribution in [2.45, 2.75) is 32.7 Å². The fourth-order valence-corrected chi connectivity index (χ4v) is 1.12. The van der Waals surface area contributed by atoms with Gasteiger partial charge in [-0.05, 0) is 20.3 Å². The molecule has 0 aliphatic carbocycles. The Morgan fingerprint density at radius 2 is 1.93 bits per heavy atom. The molecule has 0 unspecified atom stereocenters. The van der Waals surface area contributed by atoms with E-state index in [0.717, 1.165) is 12.2 Å². The summed E-state index contributed by atoms with van der Waals surface area (Å²) in [6.07, 6.45) is 4.29. The maximum absolute atomic E-state index is 5.76. The molecule has 1 aromatic rings. The second-order valence-electron chi connectivity index (χ2n) is 3.99. The third kappa shape index (κ3) is 1.95. The zero-order valence-corrected chi connectivity index (χ0v) is 9.28. The molecule has 4 nitrogen and oxygen atoms in total. The third-order valence-corrected chi connectivity index (χ3v) is 2.80. The molecule has 2 N–H and O–H groups in total. The zero-order chi connectivity index (χ0) is 10.8. The van der Waals surface area contributed by atoms with Crippen LogP contribution in [0.2, 0.25) is 0 Å². The molecular weight excluding hydrogens is 176 g/mol. The van der Waals surface area contributed by atoms with Crippen LogP contribution in [-0.2, 0) is 0 Å². The van der Waals surface area contributed by atoms with Crippen molar-refractivity contribution in [3.8, 4) is 0 Å². The van der Waals surface area contributed by atoms with Crippen LogP contribution in [-0.4, -0.2) is 22.6 Å². The predicted octanol–water partition coefficient (Wildman–Crippen LogP) is 1.68. The van der Waals surface area contributed by atoms with Gasteiger partial charge in [0.05, 0.1) is 0 Å². The summed E-state index contributed by atoms with van der Waals surface area (Å²) in [4.78, 5) is 10.3. The molecule has 1 rings (SSSR count). The molecular formula is C10H18N4. The Hall–Kier alpha value is -1.32. The maximum Gasteiger partial charge on any atom is 0.171 e.